The molecule has 1 unspecified atom stereocenters. The van der Waals surface area contributed by atoms with Crippen LogP contribution in [0.3, 0.4) is 0 Å². The third-order valence-corrected chi connectivity index (χ3v) is 12.9. The maximum absolute atomic E-state index is 12.3. The predicted molar refractivity (Wildman–Crippen MR) is 139 cm³/mol. The normalized spacial score (nSPS) is 41.6. The van der Waals surface area contributed by atoms with Crippen molar-refractivity contribution in [2.45, 2.75) is 80.6 Å². The number of piperidine rings is 1. The molecule has 0 amide bonds. The van der Waals surface area contributed by atoms with Gasteiger partial charge < -0.3 is 19.7 Å². The first-order valence-corrected chi connectivity index (χ1v) is 14.8. The van der Waals surface area contributed by atoms with Gasteiger partial charge in [-0.2, -0.15) is 0 Å². The standard InChI is InChI=1S/C29H34ClNO4S/c1-26(33,21-7-8-22(30)36-21)19-14-27-9-10-29(19,34-2)25-28(27)11-12-31(15-16-3-4-16)20(27)13-17-5-6-18(32)24(35-25)23(17)28/h5-8,16,19-20,25,32-33H,3-4,9-15H2,1-2H3/t19-,20-,25-,26?,27-,28+,29-/m1/s1. The Morgan fingerprint density at radius 1 is 1.22 bits per heavy atom. The number of benzene rings is 1. The highest BCUT2D eigenvalue weighted by Gasteiger charge is 2.82. The van der Waals surface area contributed by atoms with Crippen LogP contribution in [0.25, 0.3) is 0 Å². The number of aromatic hydroxyl groups is 1. The van der Waals surface area contributed by atoms with Crippen LogP contribution in [-0.4, -0.2) is 53.1 Å². The molecule has 7 aliphatic rings. The second-order valence-corrected chi connectivity index (χ2v) is 14.4. The zero-order valence-electron chi connectivity index (χ0n) is 20.9. The highest BCUT2D eigenvalue weighted by molar-refractivity contribution is 7.16. The van der Waals surface area contributed by atoms with Crippen LogP contribution < -0.4 is 4.74 Å². The van der Waals surface area contributed by atoms with Gasteiger partial charge in [-0.3, -0.25) is 4.90 Å². The Kier molecular flexibility index (Phi) is 4.41. The first-order chi connectivity index (χ1) is 17.3. The summed E-state index contributed by atoms with van der Waals surface area (Å²) in [7, 11) is 1.80. The fraction of sp³-hybridized carbons (Fsp3) is 0.655. The van der Waals surface area contributed by atoms with E-state index in [9.17, 15) is 10.2 Å². The topological polar surface area (TPSA) is 62.2 Å². The summed E-state index contributed by atoms with van der Waals surface area (Å²) < 4.78 is 14.2. The Balaban J connectivity index is 1.36. The lowest BCUT2D eigenvalue weighted by Gasteiger charge is -2.75. The molecule has 4 bridgehead atoms. The summed E-state index contributed by atoms with van der Waals surface area (Å²) in [6.45, 7) is 4.21. The lowest BCUT2D eigenvalue weighted by atomic mass is 9.33. The quantitative estimate of drug-likeness (QED) is 0.557. The fourth-order valence-electron chi connectivity index (χ4n) is 9.82. The van der Waals surface area contributed by atoms with Crippen LogP contribution in [0.2, 0.25) is 4.34 Å². The molecule has 0 radical (unpaired) electrons. The molecular formula is C29H34ClNO4S. The van der Waals surface area contributed by atoms with Crippen LogP contribution >= 0.6 is 22.9 Å². The second kappa shape index (κ2) is 7.01. The molecule has 2 aromatic rings. The maximum Gasteiger partial charge on any atom is 0.165 e. The monoisotopic (exact) mass is 527 g/mol. The number of hydrogen-bond donors (Lipinski definition) is 2. The van der Waals surface area contributed by atoms with E-state index < -0.39 is 11.2 Å². The zero-order valence-corrected chi connectivity index (χ0v) is 22.5. The van der Waals surface area contributed by atoms with Crippen LogP contribution in [0.4, 0.5) is 0 Å². The number of halogens is 1. The van der Waals surface area contributed by atoms with Gasteiger partial charge in [0.05, 0.1) is 4.34 Å². The second-order valence-electron chi connectivity index (χ2n) is 12.6. The summed E-state index contributed by atoms with van der Waals surface area (Å²) in [6, 6.07) is 8.24. The molecule has 1 aromatic carbocycles. The summed E-state index contributed by atoms with van der Waals surface area (Å²) in [6.07, 6.45) is 7.31. The molecule has 36 heavy (non-hydrogen) atoms. The van der Waals surface area contributed by atoms with Crippen LogP contribution in [0.1, 0.15) is 61.5 Å². The van der Waals surface area contributed by atoms with Crippen LogP contribution in [-0.2, 0) is 22.2 Å². The number of aliphatic hydroxyl groups is 1. The smallest absolute Gasteiger partial charge is 0.165 e. The van der Waals surface area contributed by atoms with Crippen LogP contribution in [0, 0.1) is 17.3 Å². The molecule has 2 spiro atoms. The van der Waals surface area contributed by atoms with Gasteiger partial charge in [-0.05, 0) is 88.1 Å². The number of hydrogen-bond acceptors (Lipinski definition) is 6. The first kappa shape index (κ1) is 22.7. The SMILES string of the molecule is CO[C@]12CC[C@@]3(C[C@@H]1C(C)(O)c1ccc(Cl)s1)[C@H]1Cc4ccc(O)c5c4[C@@]3(CCN1CC1CC1)[C@H]2O5. The molecular weight excluding hydrogens is 494 g/mol. The van der Waals surface area contributed by atoms with Gasteiger partial charge in [0.2, 0.25) is 0 Å². The van der Waals surface area contributed by atoms with Crippen molar-refractivity contribution in [3.05, 3.63) is 44.6 Å². The minimum absolute atomic E-state index is 0.0210. The lowest BCUT2D eigenvalue weighted by Crippen LogP contribution is -2.82. The molecule has 2 N–H and O–H groups in total. The van der Waals surface area contributed by atoms with E-state index in [0.29, 0.717) is 16.1 Å². The van der Waals surface area contributed by atoms with Gasteiger partial charge >= 0.3 is 0 Å². The third-order valence-electron chi connectivity index (χ3n) is 11.4. The molecule has 2 aliphatic heterocycles. The van der Waals surface area contributed by atoms with Gasteiger partial charge in [-0.1, -0.05) is 17.7 Å². The summed E-state index contributed by atoms with van der Waals surface area (Å²) in [5, 5.41) is 23.3. The van der Waals surface area contributed by atoms with Crippen molar-refractivity contribution in [3.63, 3.8) is 0 Å². The van der Waals surface area contributed by atoms with Crippen molar-refractivity contribution in [1.82, 2.24) is 4.90 Å². The summed E-state index contributed by atoms with van der Waals surface area (Å²) in [4.78, 5) is 3.69. The zero-order chi connectivity index (χ0) is 24.7. The largest absolute Gasteiger partial charge is 0.504 e. The van der Waals surface area contributed by atoms with Gasteiger partial charge in [0.15, 0.2) is 11.5 Å². The number of ether oxygens (including phenoxy) is 2. The summed E-state index contributed by atoms with van der Waals surface area (Å²) in [5.74, 6) is 1.61. The number of methoxy groups -OCH3 is 1. The number of rotatable bonds is 5. The van der Waals surface area contributed by atoms with Gasteiger partial charge in [0.25, 0.3) is 0 Å². The molecule has 7 heteroatoms. The highest BCUT2D eigenvalue weighted by atomic mass is 35.5. The van der Waals surface area contributed by atoms with Crippen molar-refractivity contribution >= 4 is 22.9 Å². The summed E-state index contributed by atoms with van der Waals surface area (Å²) >= 11 is 7.81. The number of phenols is 1. The molecule has 5 aliphatic carbocycles. The van der Waals surface area contributed by atoms with Crippen molar-refractivity contribution in [3.8, 4) is 11.5 Å². The molecule has 1 saturated heterocycles. The van der Waals surface area contributed by atoms with Gasteiger partial charge in [0, 0.05) is 46.9 Å². The van der Waals surface area contributed by atoms with E-state index in [-0.39, 0.29) is 28.6 Å². The molecule has 4 saturated carbocycles. The van der Waals surface area contributed by atoms with Crippen molar-refractivity contribution < 1.29 is 19.7 Å². The van der Waals surface area contributed by atoms with Gasteiger partial charge in [-0.15, -0.1) is 11.3 Å². The van der Waals surface area contributed by atoms with Gasteiger partial charge in [-0.25, -0.2) is 0 Å². The maximum atomic E-state index is 12.3. The van der Waals surface area contributed by atoms with Crippen molar-refractivity contribution in [2.24, 2.45) is 17.3 Å². The average Bonchev–Trinajstić information content (AvgIpc) is 3.44. The molecule has 9 rings (SSSR count). The van der Waals surface area contributed by atoms with Crippen molar-refractivity contribution in [1.29, 1.82) is 0 Å². The van der Waals surface area contributed by atoms with Crippen LogP contribution in [0.5, 0.6) is 11.5 Å². The number of thiophene rings is 1. The number of likely N-dealkylation sites (tertiary alicyclic amines) is 1. The fourth-order valence-corrected chi connectivity index (χ4v) is 11.0. The number of phenolic OH excluding ortho intramolecular Hbond substituents is 1. The van der Waals surface area contributed by atoms with E-state index in [1.54, 1.807) is 7.11 Å². The Labute approximate surface area is 221 Å². The highest BCUT2D eigenvalue weighted by Crippen LogP contribution is 2.78. The van der Waals surface area contributed by atoms with E-state index in [1.807, 2.05) is 25.1 Å². The molecule has 5 nitrogen and oxygen atoms in total. The van der Waals surface area contributed by atoms with E-state index in [4.69, 9.17) is 21.1 Å². The summed E-state index contributed by atoms with van der Waals surface area (Å²) in [5.41, 5.74) is 0.645. The predicted octanol–water partition coefficient (Wildman–Crippen LogP) is 5.24. The number of fused-ring (bicyclic) bond motifs is 2. The van der Waals surface area contributed by atoms with Crippen LogP contribution in [0.15, 0.2) is 24.3 Å². The Bertz CT molecular complexity index is 1270. The Hall–Kier alpha value is -1.31. The minimum atomic E-state index is -1.10. The van der Waals surface area contributed by atoms with E-state index >= 15 is 0 Å². The molecule has 5 fully saturated rings. The van der Waals surface area contributed by atoms with Crippen molar-refractivity contribution in [2.75, 3.05) is 20.2 Å². The Morgan fingerprint density at radius 3 is 2.78 bits per heavy atom. The molecule has 192 valence electrons. The number of nitrogens with zero attached hydrogens (tertiary/aromatic N) is 1. The minimum Gasteiger partial charge on any atom is -0.504 e. The third kappa shape index (κ3) is 2.45. The first-order valence-electron chi connectivity index (χ1n) is 13.6. The van der Waals surface area contributed by atoms with E-state index in [0.717, 1.165) is 49.4 Å². The van der Waals surface area contributed by atoms with Gasteiger partial charge in [0.1, 0.15) is 17.3 Å². The molecule has 7 atom stereocenters. The van der Waals surface area contributed by atoms with E-state index in [2.05, 4.69) is 11.0 Å². The van der Waals surface area contributed by atoms with E-state index in [1.165, 1.54) is 41.9 Å². The molecule has 1 aromatic heterocycles. The average molecular weight is 528 g/mol. The Morgan fingerprint density at radius 2 is 2.06 bits per heavy atom. The molecule has 3 heterocycles. The lowest BCUT2D eigenvalue weighted by molar-refractivity contribution is -0.303.